The SMILES string of the molecule is O=C(Cc1ccccc1)NCC1(C(=O)O)CCCCC1. The molecule has 0 aromatic heterocycles. The second kappa shape index (κ2) is 6.55. The Balaban J connectivity index is 1.89. The molecule has 1 fully saturated rings. The topological polar surface area (TPSA) is 66.4 Å². The third kappa shape index (κ3) is 3.59. The average Bonchev–Trinajstić information content (AvgIpc) is 2.47. The Morgan fingerprint density at radius 2 is 1.75 bits per heavy atom. The van der Waals surface area contributed by atoms with E-state index in [9.17, 15) is 14.7 Å². The van der Waals surface area contributed by atoms with Crippen LogP contribution in [-0.4, -0.2) is 23.5 Å². The molecule has 0 aliphatic heterocycles. The zero-order valence-corrected chi connectivity index (χ0v) is 11.6. The van der Waals surface area contributed by atoms with Gasteiger partial charge in [0.15, 0.2) is 0 Å². The molecule has 20 heavy (non-hydrogen) atoms. The lowest BCUT2D eigenvalue weighted by Crippen LogP contribution is -2.44. The summed E-state index contributed by atoms with van der Waals surface area (Å²) in [5.41, 5.74) is 0.183. The third-order valence-corrected chi connectivity index (χ3v) is 4.10. The summed E-state index contributed by atoms with van der Waals surface area (Å²) in [6.07, 6.45) is 4.58. The minimum Gasteiger partial charge on any atom is -0.481 e. The quantitative estimate of drug-likeness (QED) is 0.867. The van der Waals surface area contributed by atoms with Crippen LogP contribution in [0.2, 0.25) is 0 Å². The van der Waals surface area contributed by atoms with Gasteiger partial charge in [-0.05, 0) is 18.4 Å². The van der Waals surface area contributed by atoms with Gasteiger partial charge in [0.05, 0.1) is 11.8 Å². The van der Waals surface area contributed by atoms with Crippen LogP contribution in [0.15, 0.2) is 30.3 Å². The van der Waals surface area contributed by atoms with Gasteiger partial charge in [0, 0.05) is 6.54 Å². The number of carboxylic acids is 1. The molecule has 0 spiro atoms. The van der Waals surface area contributed by atoms with Crippen molar-refractivity contribution >= 4 is 11.9 Å². The highest BCUT2D eigenvalue weighted by Gasteiger charge is 2.39. The number of aliphatic carboxylic acids is 1. The van der Waals surface area contributed by atoms with Crippen molar-refractivity contribution in [2.75, 3.05) is 6.54 Å². The molecule has 1 aliphatic carbocycles. The molecular formula is C16H21NO3. The lowest BCUT2D eigenvalue weighted by molar-refractivity contribution is -0.151. The lowest BCUT2D eigenvalue weighted by Gasteiger charge is -2.33. The van der Waals surface area contributed by atoms with Crippen LogP contribution in [0.5, 0.6) is 0 Å². The van der Waals surface area contributed by atoms with Crippen LogP contribution in [0.4, 0.5) is 0 Å². The second-order valence-electron chi connectivity index (χ2n) is 5.59. The first kappa shape index (κ1) is 14.6. The monoisotopic (exact) mass is 275 g/mol. The molecule has 108 valence electrons. The fourth-order valence-corrected chi connectivity index (χ4v) is 2.81. The van der Waals surface area contributed by atoms with Crippen LogP contribution < -0.4 is 5.32 Å². The van der Waals surface area contributed by atoms with Crippen LogP contribution in [0.25, 0.3) is 0 Å². The molecule has 1 amide bonds. The fourth-order valence-electron chi connectivity index (χ4n) is 2.81. The summed E-state index contributed by atoms with van der Waals surface area (Å²) in [6, 6.07) is 9.48. The fraction of sp³-hybridized carbons (Fsp3) is 0.500. The number of carbonyl (C=O) groups is 2. The maximum absolute atomic E-state index is 11.9. The highest BCUT2D eigenvalue weighted by molar-refractivity contribution is 5.80. The summed E-state index contributed by atoms with van der Waals surface area (Å²) >= 11 is 0. The van der Waals surface area contributed by atoms with Crippen LogP contribution in [0.3, 0.4) is 0 Å². The zero-order valence-electron chi connectivity index (χ0n) is 11.6. The van der Waals surface area contributed by atoms with E-state index in [0.29, 0.717) is 19.3 Å². The van der Waals surface area contributed by atoms with Crippen LogP contribution in [0, 0.1) is 5.41 Å². The van der Waals surface area contributed by atoms with Gasteiger partial charge in [-0.25, -0.2) is 0 Å². The molecule has 1 aliphatic rings. The van der Waals surface area contributed by atoms with E-state index in [1.54, 1.807) is 0 Å². The minimum atomic E-state index is -0.780. The number of amides is 1. The first-order valence-electron chi connectivity index (χ1n) is 7.16. The van der Waals surface area contributed by atoms with E-state index >= 15 is 0 Å². The molecular weight excluding hydrogens is 254 g/mol. The number of carboxylic acid groups (broad SMARTS) is 1. The van der Waals surface area contributed by atoms with Crippen molar-refractivity contribution in [1.82, 2.24) is 5.32 Å². The van der Waals surface area contributed by atoms with Gasteiger partial charge < -0.3 is 10.4 Å². The molecule has 0 atom stereocenters. The Labute approximate surface area is 119 Å². The van der Waals surface area contributed by atoms with E-state index in [4.69, 9.17) is 0 Å². The molecule has 4 nitrogen and oxygen atoms in total. The second-order valence-corrected chi connectivity index (χ2v) is 5.59. The number of carbonyl (C=O) groups excluding carboxylic acids is 1. The van der Waals surface area contributed by atoms with Crippen molar-refractivity contribution < 1.29 is 14.7 Å². The number of nitrogens with one attached hydrogen (secondary N) is 1. The van der Waals surface area contributed by atoms with E-state index in [2.05, 4.69) is 5.32 Å². The predicted octanol–water partition coefficient (Wildman–Crippen LogP) is 2.38. The highest BCUT2D eigenvalue weighted by Crippen LogP contribution is 2.35. The molecule has 2 N–H and O–H groups in total. The molecule has 1 aromatic rings. The van der Waals surface area contributed by atoms with Gasteiger partial charge in [-0.3, -0.25) is 9.59 Å². The largest absolute Gasteiger partial charge is 0.481 e. The molecule has 2 rings (SSSR count). The summed E-state index contributed by atoms with van der Waals surface area (Å²) < 4.78 is 0. The molecule has 0 saturated heterocycles. The third-order valence-electron chi connectivity index (χ3n) is 4.10. The van der Waals surface area contributed by atoms with Gasteiger partial charge in [-0.15, -0.1) is 0 Å². The van der Waals surface area contributed by atoms with E-state index in [1.165, 1.54) is 0 Å². The average molecular weight is 275 g/mol. The standard InChI is InChI=1S/C16H21NO3/c18-14(11-13-7-3-1-4-8-13)17-12-16(15(19)20)9-5-2-6-10-16/h1,3-4,7-8H,2,5-6,9-12H2,(H,17,18)(H,19,20). The van der Waals surface area contributed by atoms with Crippen LogP contribution >= 0.6 is 0 Å². The molecule has 0 radical (unpaired) electrons. The molecule has 1 aromatic carbocycles. The van der Waals surface area contributed by atoms with E-state index in [1.807, 2.05) is 30.3 Å². The van der Waals surface area contributed by atoms with Crippen molar-refractivity contribution in [3.05, 3.63) is 35.9 Å². The summed E-state index contributed by atoms with van der Waals surface area (Å²) in [6.45, 7) is 0.244. The van der Waals surface area contributed by atoms with Gasteiger partial charge in [-0.1, -0.05) is 49.6 Å². The molecule has 0 unspecified atom stereocenters. The van der Waals surface area contributed by atoms with Crippen LogP contribution in [-0.2, 0) is 16.0 Å². The predicted molar refractivity (Wildman–Crippen MR) is 76.3 cm³/mol. The number of hydrogen-bond donors (Lipinski definition) is 2. The maximum Gasteiger partial charge on any atom is 0.311 e. The van der Waals surface area contributed by atoms with Crippen molar-refractivity contribution in [3.63, 3.8) is 0 Å². The van der Waals surface area contributed by atoms with E-state index < -0.39 is 11.4 Å². The lowest BCUT2D eigenvalue weighted by atomic mass is 9.74. The van der Waals surface area contributed by atoms with Crippen molar-refractivity contribution in [3.8, 4) is 0 Å². The number of hydrogen-bond acceptors (Lipinski definition) is 2. The zero-order chi connectivity index (χ0) is 14.4. The Bertz CT molecular complexity index is 464. The number of rotatable bonds is 5. The molecule has 4 heteroatoms. The van der Waals surface area contributed by atoms with Crippen molar-refractivity contribution in [1.29, 1.82) is 0 Å². The molecule has 0 bridgehead atoms. The Morgan fingerprint density at radius 1 is 1.10 bits per heavy atom. The van der Waals surface area contributed by atoms with Gasteiger partial charge in [-0.2, -0.15) is 0 Å². The smallest absolute Gasteiger partial charge is 0.311 e. The summed E-state index contributed by atoms with van der Waals surface area (Å²) in [7, 11) is 0. The van der Waals surface area contributed by atoms with Gasteiger partial charge in [0.1, 0.15) is 0 Å². The Kier molecular flexibility index (Phi) is 4.77. The van der Waals surface area contributed by atoms with Gasteiger partial charge >= 0.3 is 5.97 Å². The van der Waals surface area contributed by atoms with E-state index in [-0.39, 0.29) is 12.5 Å². The van der Waals surface area contributed by atoms with Crippen LogP contribution in [0.1, 0.15) is 37.7 Å². The number of benzene rings is 1. The van der Waals surface area contributed by atoms with E-state index in [0.717, 1.165) is 24.8 Å². The normalized spacial score (nSPS) is 17.4. The first-order valence-corrected chi connectivity index (χ1v) is 7.16. The summed E-state index contributed by atoms with van der Waals surface area (Å²) in [5.74, 6) is -0.889. The maximum atomic E-state index is 11.9. The Hall–Kier alpha value is -1.84. The van der Waals surface area contributed by atoms with Crippen molar-refractivity contribution in [2.24, 2.45) is 5.41 Å². The molecule has 1 saturated carbocycles. The summed E-state index contributed by atoms with van der Waals surface area (Å²) in [4.78, 5) is 23.4. The first-order chi connectivity index (χ1) is 9.62. The Morgan fingerprint density at radius 3 is 2.35 bits per heavy atom. The highest BCUT2D eigenvalue weighted by atomic mass is 16.4. The summed E-state index contributed by atoms with van der Waals surface area (Å²) in [5, 5.41) is 12.2. The van der Waals surface area contributed by atoms with Gasteiger partial charge in [0.2, 0.25) is 5.91 Å². The minimum absolute atomic E-state index is 0.109. The van der Waals surface area contributed by atoms with Gasteiger partial charge in [0.25, 0.3) is 0 Å². The van der Waals surface area contributed by atoms with Crippen molar-refractivity contribution in [2.45, 2.75) is 38.5 Å². The molecule has 0 heterocycles.